The molecule has 1 aromatic rings. The van der Waals surface area contributed by atoms with Gasteiger partial charge >= 0.3 is 0 Å². The zero-order chi connectivity index (χ0) is 22.0. The third-order valence-electron chi connectivity index (χ3n) is 7.09. The van der Waals surface area contributed by atoms with E-state index in [9.17, 15) is 4.79 Å². The van der Waals surface area contributed by atoms with Gasteiger partial charge in [0.1, 0.15) is 0 Å². The molecular formula is C22H32N4O5. The van der Waals surface area contributed by atoms with E-state index in [2.05, 4.69) is 46.4 Å². The zero-order valence-corrected chi connectivity index (χ0v) is 18.2. The Bertz CT molecular complexity index is 817. The molecule has 4 heterocycles. The summed E-state index contributed by atoms with van der Waals surface area (Å²) in [5, 5.41) is 14.3. The molecule has 1 amide bonds. The van der Waals surface area contributed by atoms with Crippen molar-refractivity contribution >= 4 is 12.4 Å². The molecule has 9 heteroatoms. The molecule has 1 spiro atoms. The van der Waals surface area contributed by atoms with Gasteiger partial charge in [0.05, 0.1) is 18.2 Å². The number of fused-ring (bicyclic) bond motifs is 1. The first-order valence-corrected chi connectivity index (χ1v) is 11.2. The van der Waals surface area contributed by atoms with Crippen molar-refractivity contribution in [3.8, 4) is 0 Å². The fraction of sp³-hybridized carbons (Fsp3) is 0.727. The maximum Gasteiger partial charge on any atom is 0.290 e. The topological polar surface area (TPSA) is 118 Å². The van der Waals surface area contributed by atoms with Crippen molar-refractivity contribution in [3.05, 3.63) is 23.9 Å². The molecule has 4 aliphatic rings. The summed E-state index contributed by atoms with van der Waals surface area (Å²) in [5.41, 5.74) is -0.0421. The molecule has 0 unspecified atom stereocenters. The standard InChI is InChI=1S/C21H30N4O3.CH2O2/c1-13(2)20-23-18(24-28-20)11-25-10-16-15(17-7-8-21(16,12-25)27-17)9-22-19(26)14-5-3-4-6-14;2-1-3/h3-4,13-17H,5-12H2,1-2H3,(H,22,26);1H,(H,2,3)/t15-,16+,17+,21+;/m0./s1. The Morgan fingerprint density at radius 1 is 1.42 bits per heavy atom. The van der Waals surface area contributed by atoms with E-state index in [0.29, 0.717) is 30.4 Å². The lowest BCUT2D eigenvalue weighted by molar-refractivity contribution is -0.125. The number of amides is 1. The van der Waals surface area contributed by atoms with E-state index in [1.807, 2.05) is 0 Å². The lowest BCUT2D eigenvalue weighted by Crippen LogP contribution is -2.43. The number of likely N-dealkylation sites (tertiary alicyclic amines) is 1. The van der Waals surface area contributed by atoms with Gasteiger partial charge in [0.2, 0.25) is 11.8 Å². The molecule has 3 aliphatic heterocycles. The predicted molar refractivity (Wildman–Crippen MR) is 111 cm³/mol. The van der Waals surface area contributed by atoms with Gasteiger partial charge in [0.25, 0.3) is 6.47 Å². The molecule has 0 radical (unpaired) electrons. The maximum absolute atomic E-state index is 12.4. The second kappa shape index (κ2) is 9.08. The Balaban J connectivity index is 0.000000730. The van der Waals surface area contributed by atoms with Crippen LogP contribution in [0.25, 0.3) is 0 Å². The second-order valence-electron chi connectivity index (χ2n) is 9.39. The molecular weight excluding hydrogens is 400 g/mol. The van der Waals surface area contributed by atoms with Gasteiger partial charge in [-0.25, -0.2) is 0 Å². The quantitative estimate of drug-likeness (QED) is 0.517. The first-order valence-electron chi connectivity index (χ1n) is 11.2. The van der Waals surface area contributed by atoms with E-state index >= 15 is 0 Å². The summed E-state index contributed by atoms with van der Waals surface area (Å²) in [6, 6.07) is 0. The minimum atomic E-state index is -0.250. The fourth-order valence-electron chi connectivity index (χ4n) is 5.64. The van der Waals surface area contributed by atoms with Crippen molar-refractivity contribution < 1.29 is 24.0 Å². The molecule has 3 fully saturated rings. The molecule has 4 atom stereocenters. The third kappa shape index (κ3) is 4.39. The van der Waals surface area contributed by atoms with Crippen molar-refractivity contribution in [2.45, 2.75) is 63.7 Å². The highest BCUT2D eigenvalue weighted by molar-refractivity contribution is 5.79. The van der Waals surface area contributed by atoms with Crippen LogP contribution < -0.4 is 5.32 Å². The van der Waals surface area contributed by atoms with Gasteiger partial charge in [-0.2, -0.15) is 4.98 Å². The second-order valence-corrected chi connectivity index (χ2v) is 9.39. The molecule has 1 aromatic heterocycles. The summed E-state index contributed by atoms with van der Waals surface area (Å²) >= 11 is 0. The van der Waals surface area contributed by atoms with Gasteiger partial charge in [0, 0.05) is 43.3 Å². The average Bonchev–Trinajstić information content (AvgIpc) is 3.53. The minimum absolute atomic E-state index is 0.0421. The number of nitrogens with zero attached hydrogens (tertiary/aromatic N) is 3. The normalized spacial score (nSPS) is 31.6. The van der Waals surface area contributed by atoms with E-state index in [1.54, 1.807) is 0 Å². The highest BCUT2D eigenvalue weighted by atomic mass is 16.5. The molecule has 170 valence electrons. The van der Waals surface area contributed by atoms with Crippen LogP contribution in [0.5, 0.6) is 0 Å². The number of carbonyl (C=O) groups excluding carboxylic acids is 1. The lowest BCUT2D eigenvalue weighted by atomic mass is 9.73. The van der Waals surface area contributed by atoms with Gasteiger partial charge < -0.3 is 19.7 Å². The lowest BCUT2D eigenvalue weighted by Gasteiger charge is -2.29. The molecule has 3 saturated heterocycles. The van der Waals surface area contributed by atoms with E-state index in [1.165, 1.54) is 0 Å². The SMILES string of the molecule is CC(C)c1nc(CN2C[C@@H]3[C@H](CNC(=O)C4CC=CC4)[C@H]4CC[C@]3(C2)O4)no1.O=CO. The molecule has 1 aliphatic carbocycles. The first kappa shape index (κ1) is 22.0. The third-order valence-corrected chi connectivity index (χ3v) is 7.09. The van der Waals surface area contributed by atoms with Crippen LogP contribution in [0.1, 0.15) is 57.2 Å². The molecule has 2 bridgehead atoms. The number of rotatable bonds is 6. The molecule has 0 saturated carbocycles. The fourth-order valence-corrected chi connectivity index (χ4v) is 5.64. The smallest absolute Gasteiger partial charge is 0.290 e. The number of nitrogens with one attached hydrogen (secondary N) is 1. The van der Waals surface area contributed by atoms with Crippen molar-refractivity contribution in [2.24, 2.45) is 17.8 Å². The highest BCUT2D eigenvalue weighted by Crippen LogP contribution is 2.54. The van der Waals surface area contributed by atoms with Crippen molar-refractivity contribution in [2.75, 3.05) is 19.6 Å². The largest absolute Gasteiger partial charge is 0.483 e. The van der Waals surface area contributed by atoms with Crippen LogP contribution in [0.3, 0.4) is 0 Å². The molecule has 9 nitrogen and oxygen atoms in total. The summed E-state index contributed by atoms with van der Waals surface area (Å²) < 4.78 is 11.8. The van der Waals surface area contributed by atoms with E-state index in [4.69, 9.17) is 19.2 Å². The van der Waals surface area contributed by atoms with Gasteiger partial charge in [-0.05, 0) is 25.7 Å². The van der Waals surface area contributed by atoms with Crippen LogP contribution in [-0.2, 0) is 20.9 Å². The van der Waals surface area contributed by atoms with Crippen LogP contribution in [0.15, 0.2) is 16.7 Å². The number of carboxylic acid groups (broad SMARTS) is 1. The minimum Gasteiger partial charge on any atom is -0.483 e. The molecule has 31 heavy (non-hydrogen) atoms. The average molecular weight is 433 g/mol. The van der Waals surface area contributed by atoms with Crippen LogP contribution >= 0.6 is 0 Å². The van der Waals surface area contributed by atoms with Crippen LogP contribution in [0.2, 0.25) is 0 Å². The number of hydrogen-bond donors (Lipinski definition) is 2. The highest BCUT2D eigenvalue weighted by Gasteiger charge is 2.62. The van der Waals surface area contributed by atoms with E-state index in [-0.39, 0.29) is 29.8 Å². The van der Waals surface area contributed by atoms with E-state index < -0.39 is 0 Å². The predicted octanol–water partition coefficient (Wildman–Crippen LogP) is 1.96. The van der Waals surface area contributed by atoms with Crippen LogP contribution in [-0.4, -0.2) is 63.9 Å². The number of allylic oxidation sites excluding steroid dienone is 2. The summed E-state index contributed by atoms with van der Waals surface area (Å²) in [4.78, 5) is 27.7. The zero-order valence-electron chi connectivity index (χ0n) is 18.2. The monoisotopic (exact) mass is 432 g/mol. The number of carbonyl (C=O) groups is 2. The summed E-state index contributed by atoms with van der Waals surface area (Å²) in [6.45, 7) is 7.21. The van der Waals surface area contributed by atoms with Crippen molar-refractivity contribution in [1.82, 2.24) is 20.4 Å². The Morgan fingerprint density at radius 3 is 2.84 bits per heavy atom. The number of ether oxygens (including phenoxy) is 1. The van der Waals surface area contributed by atoms with E-state index in [0.717, 1.165) is 51.1 Å². The van der Waals surface area contributed by atoms with Gasteiger partial charge in [0.15, 0.2) is 5.82 Å². The summed E-state index contributed by atoms with van der Waals surface area (Å²) in [5.74, 6) is 2.92. The Kier molecular flexibility index (Phi) is 6.43. The number of hydrogen-bond acceptors (Lipinski definition) is 7. The molecule has 5 rings (SSSR count). The van der Waals surface area contributed by atoms with Gasteiger partial charge in [-0.15, -0.1) is 0 Å². The Morgan fingerprint density at radius 2 is 2.16 bits per heavy atom. The van der Waals surface area contributed by atoms with Gasteiger partial charge in [-0.3, -0.25) is 14.5 Å². The van der Waals surface area contributed by atoms with Crippen molar-refractivity contribution in [3.63, 3.8) is 0 Å². The molecule has 0 aromatic carbocycles. The number of aromatic nitrogens is 2. The first-order chi connectivity index (χ1) is 15.0. The Labute approximate surface area is 182 Å². The van der Waals surface area contributed by atoms with Crippen LogP contribution in [0.4, 0.5) is 0 Å². The summed E-state index contributed by atoms with van der Waals surface area (Å²) in [7, 11) is 0. The maximum atomic E-state index is 12.4. The molecule has 2 N–H and O–H groups in total. The summed E-state index contributed by atoms with van der Waals surface area (Å²) in [6.07, 6.45) is 8.50. The van der Waals surface area contributed by atoms with Gasteiger partial charge in [-0.1, -0.05) is 31.2 Å². The van der Waals surface area contributed by atoms with Crippen molar-refractivity contribution in [1.29, 1.82) is 0 Å². The van der Waals surface area contributed by atoms with Crippen LogP contribution in [0, 0.1) is 17.8 Å². The Hall–Kier alpha value is -2.26.